The highest BCUT2D eigenvalue weighted by molar-refractivity contribution is 7.99. The fraction of sp³-hybridized carbons (Fsp3) is 0.167. The molecule has 0 fully saturated rings. The number of carbonyl (C=O) groups is 1. The molecule has 4 nitrogen and oxygen atoms in total. The van der Waals surface area contributed by atoms with E-state index in [1.165, 1.54) is 11.1 Å². The minimum Gasteiger partial charge on any atom is -0.436 e. The van der Waals surface area contributed by atoms with Crippen molar-refractivity contribution >= 4 is 34.5 Å². The quantitative estimate of drug-likeness (QED) is 0.431. The first-order valence-electron chi connectivity index (χ1n) is 9.48. The van der Waals surface area contributed by atoms with Crippen molar-refractivity contribution in [2.45, 2.75) is 19.6 Å². The maximum atomic E-state index is 12.2. The second-order valence-corrected chi connectivity index (χ2v) is 8.02. The van der Waals surface area contributed by atoms with Gasteiger partial charge in [0.2, 0.25) is 11.8 Å². The van der Waals surface area contributed by atoms with Gasteiger partial charge >= 0.3 is 0 Å². The van der Waals surface area contributed by atoms with E-state index in [0.717, 1.165) is 33.7 Å². The summed E-state index contributed by atoms with van der Waals surface area (Å²) in [5.41, 5.74) is 6.93. The lowest BCUT2D eigenvalue weighted by Gasteiger charge is -2.07. The molecule has 0 radical (unpaired) electrons. The molecule has 0 unspecified atom stereocenters. The number of carbonyl (C=O) groups excluding carboxylic acids is 1. The molecule has 0 saturated heterocycles. The van der Waals surface area contributed by atoms with Crippen LogP contribution >= 0.6 is 11.8 Å². The van der Waals surface area contributed by atoms with Gasteiger partial charge in [0.1, 0.15) is 5.52 Å². The first kappa shape index (κ1) is 19.3. The van der Waals surface area contributed by atoms with Crippen LogP contribution in [0.1, 0.15) is 16.7 Å². The average molecular weight is 403 g/mol. The highest BCUT2D eigenvalue weighted by Gasteiger charge is 2.09. The third kappa shape index (κ3) is 4.69. The van der Waals surface area contributed by atoms with E-state index in [9.17, 15) is 4.79 Å². The Morgan fingerprint density at radius 2 is 1.83 bits per heavy atom. The Kier molecular flexibility index (Phi) is 5.67. The van der Waals surface area contributed by atoms with Crippen LogP contribution in [0.2, 0.25) is 0 Å². The summed E-state index contributed by atoms with van der Waals surface area (Å²) in [6.07, 6.45) is 0. The minimum absolute atomic E-state index is 0.00586. The number of amides is 1. The van der Waals surface area contributed by atoms with Crippen molar-refractivity contribution in [3.05, 3.63) is 83.4 Å². The fourth-order valence-corrected chi connectivity index (χ4v) is 3.98. The van der Waals surface area contributed by atoms with Crippen molar-refractivity contribution in [1.29, 1.82) is 0 Å². The Labute approximate surface area is 174 Å². The third-order valence-electron chi connectivity index (χ3n) is 4.71. The molecule has 4 aromatic rings. The monoisotopic (exact) mass is 402 g/mol. The zero-order chi connectivity index (χ0) is 20.2. The summed E-state index contributed by atoms with van der Waals surface area (Å²) in [5.74, 6) is 1.82. The van der Waals surface area contributed by atoms with Crippen molar-refractivity contribution in [2.24, 2.45) is 0 Å². The van der Waals surface area contributed by atoms with Crippen LogP contribution in [-0.4, -0.2) is 16.6 Å². The maximum Gasteiger partial charge on any atom is 0.234 e. The molecular formula is C24H22N2O2S. The molecule has 0 aliphatic rings. The highest BCUT2D eigenvalue weighted by atomic mass is 32.2. The van der Waals surface area contributed by atoms with Crippen LogP contribution in [0.4, 0.5) is 5.69 Å². The van der Waals surface area contributed by atoms with Gasteiger partial charge in [0, 0.05) is 17.0 Å². The summed E-state index contributed by atoms with van der Waals surface area (Å²) in [7, 11) is 0. The third-order valence-corrected chi connectivity index (χ3v) is 5.69. The normalized spacial score (nSPS) is 11.0. The fourth-order valence-electron chi connectivity index (χ4n) is 3.07. The van der Waals surface area contributed by atoms with Gasteiger partial charge in [-0.1, -0.05) is 30.3 Å². The van der Waals surface area contributed by atoms with Crippen LogP contribution in [0.5, 0.6) is 0 Å². The van der Waals surface area contributed by atoms with Gasteiger partial charge in [-0.25, -0.2) is 4.98 Å². The minimum atomic E-state index is -0.00586. The summed E-state index contributed by atoms with van der Waals surface area (Å²) >= 11 is 1.61. The molecule has 3 aromatic carbocycles. The van der Waals surface area contributed by atoms with Crippen molar-refractivity contribution in [1.82, 2.24) is 4.98 Å². The van der Waals surface area contributed by atoms with E-state index in [4.69, 9.17) is 4.42 Å². The standard InChI is InChI=1S/C24H22N2O2S/c1-16-7-12-21-22(13-16)28-24(26-21)18-8-10-20(11-9-18)25-23(27)15-29-14-19-6-4-3-5-17(19)2/h3-13H,14-15H2,1-2H3,(H,25,27). The molecule has 4 rings (SSSR count). The lowest BCUT2D eigenvalue weighted by molar-refractivity contribution is -0.113. The van der Waals surface area contributed by atoms with Gasteiger partial charge in [0.05, 0.1) is 5.75 Å². The van der Waals surface area contributed by atoms with E-state index < -0.39 is 0 Å². The second kappa shape index (κ2) is 8.53. The molecule has 1 heterocycles. The number of thioether (sulfide) groups is 1. The number of fused-ring (bicyclic) bond motifs is 1. The molecule has 0 aliphatic heterocycles. The van der Waals surface area contributed by atoms with Crippen LogP contribution in [0.15, 0.2) is 71.1 Å². The van der Waals surface area contributed by atoms with E-state index in [1.807, 2.05) is 61.5 Å². The molecular weight excluding hydrogens is 380 g/mol. The predicted molar refractivity (Wildman–Crippen MR) is 120 cm³/mol. The number of aryl methyl sites for hydroxylation is 2. The van der Waals surface area contributed by atoms with Crippen LogP contribution in [0.3, 0.4) is 0 Å². The second-order valence-electron chi connectivity index (χ2n) is 7.04. The van der Waals surface area contributed by atoms with E-state index in [-0.39, 0.29) is 5.91 Å². The number of nitrogens with one attached hydrogen (secondary N) is 1. The lowest BCUT2D eigenvalue weighted by atomic mass is 10.1. The molecule has 146 valence electrons. The average Bonchev–Trinajstić information content (AvgIpc) is 3.13. The predicted octanol–water partition coefficient (Wildman–Crippen LogP) is 5.98. The summed E-state index contributed by atoms with van der Waals surface area (Å²) in [6.45, 7) is 4.12. The molecule has 0 bridgehead atoms. The van der Waals surface area contributed by atoms with Crippen molar-refractivity contribution in [3.8, 4) is 11.5 Å². The Hall–Kier alpha value is -3.05. The van der Waals surface area contributed by atoms with Gasteiger partial charge in [-0.05, 0) is 66.9 Å². The number of hydrogen-bond acceptors (Lipinski definition) is 4. The number of benzene rings is 3. The number of anilines is 1. The number of oxazole rings is 1. The van der Waals surface area contributed by atoms with E-state index in [1.54, 1.807) is 11.8 Å². The first-order valence-corrected chi connectivity index (χ1v) is 10.6. The lowest BCUT2D eigenvalue weighted by Crippen LogP contribution is -2.14. The number of hydrogen-bond donors (Lipinski definition) is 1. The Morgan fingerprint density at radius 1 is 1.03 bits per heavy atom. The van der Waals surface area contributed by atoms with Crippen molar-refractivity contribution in [3.63, 3.8) is 0 Å². The summed E-state index contributed by atoms with van der Waals surface area (Å²) in [4.78, 5) is 16.8. The Balaban J connectivity index is 1.35. The molecule has 1 amide bonds. The molecule has 0 atom stereocenters. The number of aromatic nitrogens is 1. The zero-order valence-corrected chi connectivity index (χ0v) is 17.3. The van der Waals surface area contributed by atoms with E-state index in [2.05, 4.69) is 29.4 Å². The van der Waals surface area contributed by atoms with Gasteiger partial charge in [-0.2, -0.15) is 0 Å². The number of nitrogens with zero attached hydrogens (tertiary/aromatic N) is 1. The van der Waals surface area contributed by atoms with Crippen LogP contribution < -0.4 is 5.32 Å². The van der Waals surface area contributed by atoms with E-state index in [0.29, 0.717) is 11.6 Å². The van der Waals surface area contributed by atoms with Crippen LogP contribution in [-0.2, 0) is 10.5 Å². The zero-order valence-electron chi connectivity index (χ0n) is 16.4. The molecule has 0 spiro atoms. The van der Waals surface area contributed by atoms with Crippen molar-refractivity contribution in [2.75, 3.05) is 11.1 Å². The smallest absolute Gasteiger partial charge is 0.234 e. The van der Waals surface area contributed by atoms with E-state index >= 15 is 0 Å². The van der Waals surface area contributed by atoms with Gasteiger partial charge in [-0.15, -0.1) is 11.8 Å². The first-order chi connectivity index (χ1) is 14.1. The maximum absolute atomic E-state index is 12.2. The molecule has 1 N–H and O–H groups in total. The van der Waals surface area contributed by atoms with Gasteiger partial charge < -0.3 is 9.73 Å². The van der Waals surface area contributed by atoms with Crippen LogP contribution in [0, 0.1) is 13.8 Å². The van der Waals surface area contributed by atoms with Gasteiger partial charge in [0.15, 0.2) is 5.58 Å². The number of rotatable bonds is 6. The summed E-state index contributed by atoms with van der Waals surface area (Å²) < 4.78 is 5.86. The molecule has 0 aliphatic carbocycles. The van der Waals surface area contributed by atoms with Crippen molar-refractivity contribution < 1.29 is 9.21 Å². The van der Waals surface area contributed by atoms with Gasteiger partial charge in [0.25, 0.3) is 0 Å². The molecule has 29 heavy (non-hydrogen) atoms. The molecule has 1 aromatic heterocycles. The highest BCUT2D eigenvalue weighted by Crippen LogP contribution is 2.26. The summed E-state index contributed by atoms with van der Waals surface area (Å²) in [5, 5.41) is 2.94. The summed E-state index contributed by atoms with van der Waals surface area (Å²) in [6, 6.07) is 21.8. The largest absolute Gasteiger partial charge is 0.436 e. The van der Waals surface area contributed by atoms with Gasteiger partial charge in [-0.3, -0.25) is 4.79 Å². The topological polar surface area (TPSA) is 55.1 Å². The Morgan fingerprint density at radius 3 is 2.62 bits per heavy atom. The Bertz CT molecular complexity index is 1150. The molecule has 0 saturated carbocycles. The van der Waals surface area contributed by atoms with Crippen LogP contribution in [0.25, 0.3) is 22.6 Å². The molecule has 5 heteroatoms. The SMILES string of the molecule is Cc1ccc2nc(-c3ccc(NC(=O)CSCc4ccccc4C)cc3)oc2c1.